The van der Waals surface area contributed by atoms with Gasteiger partial charge in [0.15, 0.2) is 11.5 Å². The van der Waals surface area contributed by atoms with Gasteiger partial charge in [0.25, 0.3) is 5.91 Å². The molecule has 1 saturated heterocycles. The summed E-state index contributed by atoms with van der Waals surface area (Å²) in [6.45, 7) is 1.62. The number of hydrogen-bond donors (Lipinski definition) is 2. The van der Waals surface area contributed by atoms with Gasteiger partial charge in [0.2, 0.25) is 0 Å². The zero-order chi connectivity index (χ0) is 19.6. The molecule has 2 aromatic rings. The molecule has 27 heavy (non-hydrogen) atoms. The number of ether oxygens (including phenoxy) is 2. The van der Waals surface area contributed by atoms with Crippen molar-refractivity contribution in [3.63, 3.8) is 0 Å². The average molecular weight is 369 g/mol. The number of hydrogen-bond acceptors (Lipinski definition) is 6. The Kier molecular flexibility index (Phi) is 4.72. The van der Waals surface area contributed by atoms with Gasteiger partial charge >= 0.3 is 6.03 Å². The normalized spacial score (nSPS) is 19.4. The van der Waals surface area contributed by atoms with E-state index >= 15 is 0 Å². The van der Waals surface area contributed by atoms with Crippen LogP contribution in [-0.4, -0.2) is 42.5 Å². The number of nitrogens with zero attached hydrogens (tertiary/aromatic N) is 2. The predicted molar refractivity (Wildman–Crippen MR) is 98.0 cm³/mol. The van der Waals surface area contributed by atoms with Gasteiger partial charge in [-0.2, -0.15) is 5.10 Å². The lowest BCUT2D eigenvalue weighted by Gasteiger charge is -2.21. The third-order valence-electron chi connectivity index (χ3n) is 4.36. The lowest BCUT2D eigenvalue weighted by Crippen LogP contribution is -2.40. The van der Waals surface area contributed by atoms with Crippen molar-refractivity contribution in [1.29, 1.82) is 0 Å². The smallest absolute Gasteiger partial charge is 0.346 e. The first-order chi connectivity index (χ1) is 12.9. The van der Waals surface area contributed by atoms with Gasteiger partial charge in [0, 0.05) is 0 Å². The zero-order valence-electron chi connectivity index (χ0n) is 15.1. The van der Waals surface area contributed by atoms with E-state index in [1.807, 2.05) is 0 Å². The van der Waals surface area contributed by atoms with Gasteiger partial charge in [0.1, 0.15) is 11.3 Å². The number of methoxy groups -OCH3 is 2. The maximum atomic E-state index is 12.8. The molecule has 0 spiro atoms. The molecule has 3 rings (SSSR count). The lowest BCUT2D eigenvalue weighted by molar-refractivity contribution is -0.131. The van der Waals surface area contributed by atoms with Gasteiger partial charge in [-0.15, -0.1) is 5.01 Å². The predicted octanol–water partition coefficient (Wildman–Crippen LogP) is 2.21. The quantitative estimate of drug-likeness (QED) is 0.622. The fraction of sp³-hybridized carbons (Fsp3) is 0.211. The molecule has 1 aliphatic rings. The molecule has 8 heteroatoms. The first-order valence-corrected chi connectivity index (χ1v) is 8.11. The monoisotopic (exact) mass is 369 g/mol. The van der Waals surface area contributed by atoms with Crippen molar-refractivity contribution < 1.29 is 24.2 Å². The summed E-state index contributed by atoms with van der Waals surface area (Å²) in [5.74, 6) is 0.394. The molecule has 8 nitrogen and oxygen atoms in total. The Morgan fingerprint density at radius 1 is 1.11 bits per heavy atom. The fourth-order valence-corrected chi connectivity index (χ4v) is 2.75. The highest BCUT2D eigenvalue weighted by molar-refractivity contribution is 6.07. The molecule has 0 aromatic heterocycles. The van der Waals surface area contributed by atoms with Crippen molar-refractivity contribution in [2.24, 2.45) is 5.10 Å². The number of hydrazone groups is 1. The Balaban J connectivity index is 1.85. The van der Waals surface area contributed by atoms with Gasteiger partial charge in [0.05, 0.1) is 20.4 Å². The second-order valence-corrected chi connectivity index (χ2v) is 6.08. The van der Waals surface area contributed by atoms with Crippen LogP contribution in [0.25, 0.3) is 0 Å². The number of benzene rings is 2. The zero-order valence-corrected chi connectivity index (χ0v) is 15.1. The third-order valence-corrected chi connectivity index (χ3v) is 4.36. The second kappa shape index (κ2) is 6.99. The van der Waals surface area contributed by atoms with Crippen LogP contribution in [-0.2, 0) is 10.3 Å². The number of urea groups is 1. The highest BCUT2D eigenvalue weighted by Crippen LogP contribution is 2.30. The standard InChI is InChI=1S/C19H19N3O5/c1-19(13-5-7-14(26-2)8-6-13)17(24)22(18(25)21-19)20-11-12-4-9-15(23)16(10-12)27-3/h4-11,23H,1-3H3,(H,21,25)/t19-/m0/s1. The number of amides is 3. The van der Waals surface area contributed by atoms with Crippen molar-refractivity contribution in [3.05, 3.63) is 53.6 Å². The Morgan fingerprint density at radius 2 is 1.81 bits per heavy atom. The van der Waals surface area contributed by atoms with Crippen LogP contribution in [0.2, 0.25) is 0 Å². The molecule has 0 aliphatic carbocycles. The number of carbonyl (C=O) groups is 2. The summed E-state index contributed by atoms with van der Waals surface area (Å²) in [6, 6.07) is 10.8. The first-order valence-electron chi connectivity index (χ1n) is 8.11. The highest BCUT2D eigenvalue weighted by Gasteiger charge is 2.49. The summed E-state index contributed by atoms with van der Waals surface area (Å²) in [4.78, 5) is 25.1. The Morgan fingerprint density at radius 3 is 2.44 bits per heavy atom. The minimum atomic E-state index is -1.23. The maximum Gasteiger partial charge on any atom is 0.346 e. The topological polar surface area (TPSA) is 100 Å². The van der Waals surface area contributed by atoms with E-state index < -0.39 is 17.5 Å². The number of aromatic hydroxyl groups is 1. The van der Waals surface area contributed by atoms with Gasteiger partial charge in [-0.25, -0.2) is 4.79 Å². The van der Waals surface area contributed by atoms with Crippen LogP contribution in [0.3, 0.4) is 0 Å². The largest absolute Gasteiger partial charge is 0.504 e. The fourth-order valence-electron chi connectivity index (χ4n) is 2.75. The van der Waals surface area contributed by atoms with Crippen molar-refractivity contribution in [2.45, 2.75) is 12.5 Å². The van der Waals surface area contributed by atoms with Crippen LogP contribution in [0.5, 0.6) is 17.2 Å². The van der Waals surface area contributed by atoms with Gasteiger partial charge in [-0.1, -0.05) is 12.1 Å². The molecular weight excluding hydrogens is 350 g/mol. The van der Waals surface area contributed by atoms with Crippen LogP contribution in [0.1, 0.15) is 18.1 Å². The molecule has 0 saturated carbocycles. The number of rotatable bonds is 5. The van der Waals surface area contributed by atoms with Crippen LogP contribution in [0.4, 0.5) is 4.79 Å². The number of phenols is 1. The summed E-state index contributed by atoms with van der Waals surface area (Å²) in [5.41, 5.74) is -0.0539. The van der Waals surface area contributed by atoms with Gasteiger partial charge in [-0.3, -0.25) is 4.79 Å². The van der Waals surface area contributed by atoms with E-state index in [1.165, 1.54) is 19.4 Å². The van der Waals surface area contributed by atoms with Crippen LogP contribution < -0.4 is 14.8 Å². The summed E-state index contributed by atoms with van der Waals surface area (Å²) >= 11 is 0. The molecule has 1 heterocycles. The minimum absolute atomic E-state index is 0.0169. The van der Waals surface area contributed by atoms with Crippen molar-refractivity contribution in [2.75, 3.05) is 14.2 Å². The van der Waals surface area contributed by atoms with Crippen LogP contribution >= 0.6 is 0 Å². The SMILES string of the molecule is COc1ccc([C@]2(C)NC(=O)N(N=Cc3ccc(O)c(OC)c3)C2=O)cc1. The summed E-state index contributed by atoms with van der Waals surface area (Å²) in [7, 11) is 2.97. The van der Waals surface area contributed by atoms with Crippen LogP contribution in [0, 0.1) is 0 Å². The molecule has 3 amide bonds. The molecule has 0 bridgehead atoms. The van der Waals surface area contributed by atoms with E-state index in [0.29, 0.717) is 16.9 Å². The molecule has 140 valence electrons. The second-order valence-electron chi connectivity index (χ2n) is 6.08. The number of carbonyl (C=O) groups excluding carboxylic acids is 2. The Hall–Kier alpha value is -3.55. The molecule has 0 radical (unpaired) electrons. The number of imide groups is 1. The van der Waals surface area contributed by atoms with Crippen LogP contribution in [0.15, 0.2) is 47.6 Å². The van der Waals surface area contributed by atoms with Gasteiger partial charge < -0.3 is 19.9 Å². The van der Waals surface area contributed by atoms with E-state index in [0.717, 1.165) is 5.01 Å². The molecule has 2 aromatic carbocycles. The van der Waals surface area contributed by atoms with E-state index in [1.54, 1.807) is 50.4 Å². The Bertz CT molecular complexity index is 910. The summed E-state index contributed by atoms with van der Waals surface area (Å²) in [6.07, 6.45) is 1.35. The minimum Gasteiger partial charge on any atom is -0.504 e. The maximum absolute atomic E-state index is 12.8. The molecule has 1 fully saturated rings. The number of nitrogens with one attached hydrogen (secondary N) is 1. The molecular formula is C19H19N3O5. The van der Waals surface area contributed by atoms with Crippen molar-refractivity contribution in [3.8, 4) is 17.2 Å². The highest BCUT2D eigenvalue weighted by atomic mass is 16.5. The Labute approximate surface area is 156 Å². The van der Waals surface area contributed by atoms with E-state index in [9.17, 15) is 14.7 Å². The molecule has 1 aliphatic heterocycles. The number of phenolic OH excluding ortho intramolecular Hbond substituents is 1. The first kappa shape index (κ1) is 18.2. The summed E-state index contributed by atoms with van der Waals surface area (Å²) < 4.78 is 10.1. The van der Waals surface area contributed by atoms with Crippen molar-refractivity contribution >= 4 is 18.2 Å². The van der Waals surface area contributed by atoms with E-state index in [2.05, 4.69) is 10.4 Å². The molecule has 1 atom stereocenters. The van der Waals surface area contributed by atoms with E-state index in [4.69, 9.17) is 9.47 Å². The third kappa shape index (κ3) is 3.29. The lowest BCUT2D eigenvalue weighted by atomic mass is 9.92. The average Bonchev–Trinajstić information content (AvgIpc) is 2.90. The summed E-state index contributed by atoms with van der Waals surface area (Å²) in [5, 5.41) is 17.1. The van der Waals surface area contributed by atoms with E-state index in [-0.39, 0.29) is 11.5 Å². The molecule has 0 unspecified atom stereocenters. The van der Waals surface area contributed by atoms with Crippen molar-refractivity contribution in [1.82, 2.24) is 10.3 Å². The van der Waals surface area contributed by atoms with Gasteiger partial charge in [-0.05, 0) is 48.4 Å². The molecule has 2 N–H and O–H groups in total.